The molecule has 4 aromatic rings. The summed E-state index contributed by atoms with van der Waals surface area (Å²) in [5.41, 5.74) is 5.85. The Morgan fingerprint density at radius 1 is 1.10 bits per heavy atom. The maximum absolute atomic E-state index is 13.0. The molecule has 0 saturated heterocycles. The van der Waals surface area contributed by atoms with Gasteiger partial charge in [0, 0.05) is 34.1 Å². The lowest BCUT2D eigenvalue weighted by Crippen LogP contribution is -2.53. The highest BCUT2D eigenvalue weighted by molar-refractivity contribution is 6.30. The van der Waals surface area contributed by atoms with Crippen LogP contribution in [0.15, 0.2) is 60.9 Å². The molecule has 2 heterocycles. The van der Waals surface area contributed by atoms with E-state index < -0.39 is 11.5 Å². The van der Waals surface area contributed by atoms with Crippen LogP contribution in [0.4, 0.5) is 5.69 Å². The fraction of sp³-hybridized carbons (Fsp3) is 0.524. The molecule has 2 fully saturated rings. The quantitative estimate of drug-likeness (QED) is 0.141. The summed E-state index contributed by atoms with van der Waals surface area (Å²) in [6, 6.07) is 16.0. The van der Waals surface area contributed by atoms with Gasteiger partial charge in [0.05, 0.1) is 25.0 Å². The van der Waals surface area contributed by atoms with Crippen LogP contribution in [-0.2, 0) is 29.6 Å². The molecule has 8 rings (SSSR count). The molecule has 0 bridgehead atoms. The summed E-state index contributed by atoms with van der Waals surface area (Å²) < 4.78 is 15.0. The van der Waals surface area contributed by atoms with Crippen molar-refractivity contribution in [1.29, 1.82) is 0 Å². The number of rotatable bonds is 13. The normalized spacial score (nSPS) is 25.7. The van der Waals surface area contributed by atoms with Crippen molar-refractivity contribution in [3.8, 4) is 11.5 Å². The van der Waals surface area contributed by atoms with Crippen LogP contribution in [0.3, 0.4) is 0 Å². The second kappa shape index (κ2) is 14.4. The molecule has 2 N–H and O–H groups in total. The molecular weight excluding hydrogens is 674 g/mol. The van der Waals surface area contributed by atoms with Crippen LogP contribution in [-0.4, -0.2) is 49.8 Å². The van der Waals surface area contributed by atoms with Crippen LogP contribution in [0.1, 0.15) is 112 Å². The maximum atomic E-state index is 13.0. The van der Waals surface area contributed by atoms with E-state index in [2.05, 4.69) is 52.7 Å². The average molecular weight is 724 g/mol. The molecular formula is C42H50ClN5O4. The second-order valence-electron chi connectivity index (χ2n) is 16.0. The third-order valence-electron chi connectivity index (χ3n) is 12.5. The molecule has 4 aliphatic rings. The number of carboxylic acids is 1. The summed E-state index contributed by atoms with van der Waals surface area (Å²) >= 11 is 6.30. The number of anilines is 1. The summed E-state index contributed by atoms with van der Waals surface area (Å²) in [5.74, 6) is 2.73. The van der Waals surface area contributed by atoms with E-state index in [1.54, 1.807) is 0 Å². The van der Waals surface area contributed by atoms with Gasteiger partial charge >= 0.3 is 5.97 Å². The molecule has 1 spiro atoms. The first-order valence-corrected chi connectivity index (χ1v) is 19.6. The molecule has 10 heteroatoms. The van der Waals surface area contributed by atoms with Crippen LogP contribution >= 0.6 is 11.6 Å². The molecule has 4 aliphatic carbocycles. The molecule has 0 radical (unpaired) electrons. The maximum Gasteiger partial charge on any atom is 0.329 e. The van der Waals surface area contributed by atoms with Gasteiger partial charge in [-0.2, -0.15) is 0 Å². The zero-order valence-electron chi connectivity index (χ0n) is 30.3. The SMILES string of the molecule is C[C@@H](COc1ccnc2c1[C@H](C)CCC2)CC1Cc2ccc(OCCn3nncc3C3CC3)cc2C12CCC(Nc1cccc(Cl)c1)(C(=O)O)CC2. The van der Waals surface area contributed by atoms with Crippen molar-refractivity contribution in [2.75, 3.05) is 18.5 Å². The minimum Gasteiger partial charge on any atom is -0.493 e. The number of halogens is 1. The molecule has 1 unspecified atom stereocenters. The number of carbonyl (C=O) groups is 1. The molecule has 2 saturated carbocycles. The fourth-order valence-electron chi connectivity index (χ4n) is 9.55. The number of benzene rings is 2. The van der Waals surface area contributed by atoms with Crippen molar-refractivity contribution in [1.82, 2.24) is 20.0 Å². The first kappa shape index (κ1) is 34.9. The number of hydrogen-bond acceptors (Lipinski definition) is 7. The number of pyridine rings is 1. The monoisotopic (exact) mass is 723 g/mol. The molecule has 52 heavy (non-hydrogen) atoms. The number of fused-ring (bicyclic) bond motifs is 3. The zero-order valence-corrected chi connectivity index (χ0v) is 31.1. The summed E-state index contributed by atoms with van der Waals surface area (Å²) in [6.07, 6.45) is 14.1. The van der Waals surface area contributed by atoms with E-state index in [0.29, 0.717) is 61.3 Å². The van der Waals surface area contributed by atoms with E-state index >= 15 is 0 Å². The van der Waals surface area contributed by atoms with Crippen LogP contribution in [0.2, 0.25) is 5.02 Å². The number of aryl methyl sites for hydroxylation is 1. The number of aliphatic carboxylic acids is 1. The van der Waals surface area contributed by atoms with Gasteiger partial charge < -0.3 is 19.9 Å². The first-order chi connectivity index (χ1) is 25.2. The smallest absolute Gasteiger partial charge is 0.329 e. The largest absolute Gasteiger partial charge is 0.493 e. The number of carboxylic acid groups (broad SMARTS) is 1. The van der Waals surface area contributed by atoms with Crippen LogP contribution in [0.25, 0.3) is 0 Å². The van der Waals surface area contributed by atoms with Crippen LogP contribution in [0, 0.1) is 11.8 Å². The lowest BCUT2D eigenvalue weighted by Gasteiger charge is -2.47. The third-order valence-corrected chi connectivity index (χ3v) is 12.7. The highest BCUT2D eigenvalue weighted by atomic mass is 35.5. The second-order valence-corrected chi connectivity index (χ2v) is 16.5. The summed E-state index contributed by atoms with van der Waals surface area (Å²) in [4.78, 5) is 17.7. The Labute approximate surface area is 311 Å². The number of nitrogens with zero attached hydrogens (tertiary/aromatic N) is 4. The lowest BCUT2D eigenvalue weighted by molar-refractivity contribution is -0.144. The fourth-order valence-corrected chi connectivity index (χ4v) is 9.74. The van der Waals surface area contributed by atoms with E-state index in [1.165, 1.54) is 53.8 Å². The van der Waals surface area contributed by atoms with E-state index in [4.69, 9.17) is 21.1 Å². The van der Waals surface area contributed by atoms with Crippen molar-refractivity contribution >= 4 is 23.3 Å². The van der Waals surface area contributed by atoms with Gasteiger partial charge in [-0.3, -0.25) is 4.98 Å². The molecule has 274 valence electrons. The van der Waals surface area contributed by atoms with Crippen LogP contribution in [0.5, 0.6) is 11.5 Å². The Hall–Kier alpha value is -4.11. The predicted molar refractivity (Wildman–Crippen MR) is 202 cm³/mol. The van der Waals surface area contributed by atoms with Gasteiger partial charge in [0.25, 0.3) is 0 Å². The lowest BCUT2D eigenvalue weighted by atomic mass is 9.59. The average Bonchev–Trinajstić information content (AvgIpc) is 3.81. The highest BCUT2D eigenvalue weighted by Gasteiger charge is 2.54. The predicted octanol–water partition coefficient (Wildman–Crippen LogP) is 8.75. The Morgan fingerprint density at radius 3 is 2.73 bits per heavy atom. The van der Waals surface area contributed by atoms with Crippen molar-refractivity contribution < 1.29 is 19.4 Å². The van der Waals surface area contributed by atoms with Crippen molar-refractivity contribution in [3.63, 3.8) is 0 Å². The Morgan fingerprint density at radius 2 is 1.94 bits per heavy atom. The minimum atomic E-state index is -1.07. The molecule has 0 amide bonds. The molecule has 2 aromatic carbocycles. The van der Waals surface area contributed by atoms with Gasteiger partial charge in [-0.05, 0) is 141 Å². The molecule has 9 nitrogen and oxygen atoms in total. The van der Waals surface area contributed by atoms with Gasteiger partial charge in [0.1, 0.15) is 23.6 Å². The van der Waals surface area contributed by atoms with Crippen molar-refractivity contribution in [2.24, 2.45) is 11.8 Å². The first-order valence-electron chi connectivity index (χ1n) is 19.3. The highest BCUT2D eigenvalue weighted by Crippen LogP contribution is 2.57. The summed E-state index contributed by atoms with van der Waals surface area (Å²) in [5, 5.41) is 23.1. The standard InChI is InChI=1S/C42H50ClN5O4/c1-27(26-52-38-13-18-44-36-8-3-5-28(2)39(36)38)21-31-22-30-11-12-34(51-20-19-48-37(25-45-47-48)29-9-10-29)24-35(30)41(31)14-16-42(17-15-41,40(49)50)46-33-7-4-6-32(43)23-33/h4,6-7,11-13,18,23-25,27-29,31,46H,3,5,8-10,14-17,19-22,26H2,1-2H3,(H,49,50)/t27-,28-,31?,41?,42?/m1/s1. The topological polar surface area (TPSA) is 111 Å². The van der Waals surface area contributed by atoms with Crippen LogP contribution < -0.4 is 14.8 Å². The molecule has 2 aromatic heterocycles. The summed E-state index contributed by atoms with van der Waals surface area (Å²) in [6.45, 7) is 6.39. The molecule has 0 aliphatic heterocycles. The van der Waals surface area contributed by atoms with E-state index in [9.17, 15) is 9.90 Å². The van der Waals surface area contributed by atoms with Gasteiger partial charge in [0.2, 0.25) is 0 Å². The van der Waals surface area contributed by atoms with E-state index in [1.807, 2.05) is 47.4 Å². The van der Waals surface area contributed by atoms with Gasteiger partial charge in [-0.1, -0.05) is 42.8 Å². The summed E-state index contributed by atoms with van der Waals surface area (Å²) in [7, 11) is 0. The van der Waals surface area contributed by atoms with E-state index in [0.717, 1.165) is 49.3 Å². The van der Waals surface area contributed by atoms with Crippen molar-refractivity contribution in [2.45, 2.75) is 114 Å². The van der Waals surface area contributed by atoms with Gasteiger partial charge in [0.15, 0.2) is 0 Å². The number of hydrogen-bond donors (Lipinski definition) is 2. The van der Waals surface area contributed by atoms with Gasteiger partial charge in [-0.25, -0.2) is 9.48 Å². The Kier molecular flexibility index (Phi) is 9.66. The third kappa shape index (κ3) is 6.89. The molecule has 3 atom stereocenters. The van der Waals surface area contributed by atoms with E-state index in [-0.39, 0.29) is 5.41 Å². The number of aromatic nitrogens is 4. The zero-order chi connectivity index (χ0) is 35.9. The van der Waals surface area contributed by atoms with Gasteiger partial charge in [-0.15, -0.1) is 5.10 Å². The number of ether oxygens (including phenoxy) is 2. The Bertz CT molecular complexity index is 1920. The van der Waals surface area contributed by atoms with Crippen molar-refractivity contribution in [3.05, 3.63) is 94.0 Å². The Balaban J connectivity index is 1.02. The minimum absolute atomic E-state index is 0.159. The number of nitrogens with one attached hydrogen (secondary N) is 1.